The quantitative estimate of drug-likeness (QED) is 0.230. The molecule has 0 radical (unpaired) electrons. The molecule has 0 saturated heterocycles. The zero-order valence-corrected chi connectivity index (χ0v) is 18.0. The van der Waals surface area contributed by atoms with E-state index < -0.39 is 0 Å². The third kappa shape index (κ3) is 3.67. The Bertz CT molecular complexity index is 1330. The number of hydrazone groups is 1. The van der Waals surface area contributed by atoms with E-state index in [1.54, 1.807) is 11.3 Å². The number of benzene rings is 3. The van der Waals surface area contributed by atoms with Crippen LogP contribution in [0.25, 0.3) is 21.1 Å². The maximum absolute atomic E-state index is 6.38. The first kappa shape index (κ1) is 19.1. The molecule has 0 bridgehead atoms. The van der Waals surface area contributed by atoms with Crippen LogP contribution >= 0.6 is 34.5 Å². The minimum absolute atomic E-state index is 0.582. The molecule has 4 nitrogen and oxygen atoms in total. The highest BCUT2D eigenvalue weighted by molar-refractivity contribution is 7.22. The lowest BCUT2D eigenvalue weighted by atomic mass is 10.2. The number of thiazole rings is 1. The normalized spacial score (nSPS) is 11.7. The third-order valence-corrected chi connectivity index (χ3v) is 6.52. The van der Waals surface area contributed by atoms with Crippen LogP contribution in [-0.2, 0) is 6.54 Å². The van der Waals surface area contributed by atoms with Crippen molar-refractivity contribution < 1.29 is 0 Å². The number of nitrogens with one attached hydrogen (secondary N) is 1. The number of anilines is 1. The van der Waals surface area contributed by atoms with Crippen molar-refractivity contribution in [3.05, 3.63) is 94.1 Å². The molecule has 2 heterocycles. The van der Waals surface area contributed by atoms with Crippen LogP contribution in [0.4, 0.5) is 5.13 Å². The van der Waals surface area contributed by atoms with Gasteiger partial charge in [0, 0.05) is 38.3 Å². The molecule has 1 N–H and O–H groups in total. The summed E-state index contributed by atoms with van der Waals surface area (Å²) >= 11 is 14.3. The molecule has 0 aliphatic rings. The molecular formula is C23H16Cl2N4S. The highest BCUT2D eigenvalue weighted by Gasteiger charge is 2.11. The molecule has 0 fully saturated rings. The van der Waals surface area contributed by atoms with Crippen molar-refractivity contribution in [2.24, 2.45) is 5.10 Å². The average molecular weight is 451 g/mol. The van der Waals surface area contributed by atoms with Crippen molar-refractivity contribution in [2.75, 3.05) is 5.43 Å². The summed E-state index contributed by atoms with van der Waals surface area (Å²) in [6.45, 7) is 0.582. The lowest BCUT2D eigenvalue weighted by Crippen LogP contribution is -1.99. The Morgan fingerprint density at radius 1 is 0.967 bits per heavy atom. The molecule has 5 aromatic rings. The van der Waals surface area contributed by atoms with Crippen LogP contribution in [0.2, 0.25) is 10.0 Å². The first-order valence-corrected chi connectivity index (χ1v) is 10.9. The summed E-state index contributed by atoms with van der Waals surface area (Å²) in [6.07, 6.45) is 3.88. The van der Waals surface area contributed by atoms with Crippen LogP contribution in [0, 0.1) is 0 Å². The minimum atomic E-state index is 0.582. The molecule has 7 heteroatoms. The van der Waals surface area contributed by atoms with Gasteiger partial charge in [-0.1, -0.05) is 70.9 Å². The van der Waals surface area contributed by atoms with Crippen molar-refractivity contribution in [2.45, 2.75) is 6.54 Å². The maximum Gasteiger partial charge on any atom is 0.204 e. The summed E-state index contributed by atoms with van der Waals surface area (Å²) in [5.74, 6) is 0. The van der Waals surface area contributed by atoms with E-state index in [1.807, 2.05) is 54.7 Å². The van der Waals surface area contributed by atoms with Gasteiger partial charge in [0.25, 0.3) is 0 Å². The zero-order valence-electron chi connectivity index (χ0n) is 15.7. The largest absolute Gasteiger partial charge is 0.342 e. The summed E-state index contributed by atoms with van der Waals surface area (Å²) in [5, 5.41) is 7.61. The number of para-hydroxylation sites is 2. The molecule has 0 aliphatic heterocycles. The van der Waals surface area contributed by atoms with E-state index in [9.17, 15) is 0 Å². The van der Waals surface area contributed by atoms with Crippen molar-refractivity contribution in [3.63, 3.8) is 0 Å². The molecule has 0 unspecified atom stereocenters. The number of halogens is 2. The fraction of sp³-hybridized carbons (Fsp3) is 0.0435. The Morgan fingerprint density at radius 3 is 2.57 bits per heavy atom. The molecule has 3 aromatic carbocycles. The number of rotatable bonds is 5. The third-order valence-electron chi connectivity index (χ3n) is 4.87. The molecule has 0 spiro atoms. The summed E-state index contributed by atoms with van der Waals surface area (Å²) in [6, 6.07) is 21.8. The van der Waals surface area contributed by atoms with Gasteiger partial charge in [-0.3, -0.25) is 5.43 Å². The van der Waals surface area contributed by atoms with Crippen LogP contribution in [0.3, 0.4) is 0 Å². The lowest BCUT2D eigenvalue weighted by molar-refractivity contribution is 0.837. The fourth-order valence-corrected chi connectivity index (χ4v) is 4.77. The van der Waals surface area contributed by atoms with Crippen LogP contribution in [-0.4, -0.2) is 15.8 Å². The summed E-state index contributed by atoms with van der Waals surface area (Å²) in [4.78, 5) is 4.55. The van der Waals surface area contributed by atoms with E-state index >= 15 is 0 Å². The van der Waals surface area contributed by atoms with Crippen molar-refractivity contribution >= 4 is 67.0 Å². The minimum Gasteiger partial charge on any atom is -0.342 e. The number of nitrogens with zero attached hydrogens (tertiary/aromatic N) is 3. The van der Waals surface area contributed by atoms with Crippen LogP contribution < -0.4 is 5.43 Å². The van der Waals surface area contributed by atoms with Gasteiger partial charge in [0.1, 0.15) is 0 Å². The molecule has 5 rings (SSSR count). The smallest absolute Gasteiger partial charge is 0.204 e. The van der Waals surface area contributed by atoms with Gasteiger partial charge < -0.3 is 4.57 Å². The summed E-state index contributed by atoms with van der Waals surface area (Å²) in [5.41, 5.74) is 7.01. The average Bonchev–Trinajstić information content (AvgIpc) is 3.32. The molecule has 2 aromatic heterocycles. The van der Waals surface area contributed by atoms with Gasteiger partial charge in [0.15, 0.2) is 0 Å². The summed E-state index contributed by atoms with van der Waals surface area (Å²) < 4.78 is 3.27. The van der Waals surface area contributed by atoms with Gasteiger partial charge in [-0.25, -0.2) is 4.98 Å². The van der Waals surface area contributed by atoms with Gasteiger partial charge in [0.05, 0.1) is 23.0 Å². The molecule has 0 saturated carbocycles. The summed E-state index contributed by atoms with van der Waals surface area (Å²) in [7, 11) is 0. The van der Waals surface area contributed by atoms with E-state index in [0.717, 1.165) is 37.4 Å². The Morgan fingerprint density at radius 2 is 1.73 bits per heavy atom. The predicted molar refractivity (Wildman–Crippen MR) is 128 cm³/mol. The van der Waals surface area contributed by atoms with Gasteiger partial charge in [-0.2, -0.15) is 5.10 Å². The fourth-order valence-electron chi connectivity index (χ4n) is 3.44. The maximum atomic E-state index is 6.38. The van der Waals surface area contributed by atoms with E-state index in [0.29, 0.717) is 16.6 Å². The first-order chi connectivity index (χ1) is 14.7. The Balaban J connectivity index is 1.45. The topological polar surface area (TPSA) is 42.2 Å². The van der Waals surface area contributed by atoms with Gasteiger partial charge in [-0.15, -0.1) is 0 Å². The molecular weight excluding hydrogens is 435 g/mol. The van der Waals surface area contributed by atoms with E-state index in [-0.39, 0.29) is 0 Å². The van der Waals surface area contributed by atoms with Gasteiger partial charge >= 0.3 is 0 Å². The number of hydrogen-bond donors (Lipinski definition) is 1. The van der Waals surface area contributed by atoms with E-state index in [2.05, 4.69) is 44.5 Å². The number of hydrogen-bond acceptors (Lipinski definition) is 4. The molecule has 0 amide bonds. The molecule has 0 atom stereocenters. The number of aromatic nitrogens is 2. The highest BCUT2D eigenvalue weighted by Crippen LogP contribution is 2.28. The second kappa shape index (κ2) is 8.11. The van der Waals surface area contributed by atoms with E-state index in [1.165, 1.54) is 0 Å². The van der Waals surface area contributed by atoms with Crippen molar-refractivity contribution in [1.82, 2.24) is 9.55 Å². The standard InChI is InChI=1S/C23H16Cl2N4S/c24-18-7-5-8-19(25)17(18)14-29-13-15(16-6-1-3-10-21(16)29)12-26-28-23-27-20-9-2-4-11-22(20)30-23/h1-13H,14H2,(H,27,28)/b26-12+. The highest BCUT2D eigenvalue weighted by atomic mass is 35.5. The molecule has 148 valence electrons. The van der Waals surface area contributed by atoms with E-state index in [4.69, 9.17) is 23.2 Å². The van der Waals surface area contributed by atoms with Crippen LogP contribution in [0.1, 0.15) is 11.1 Å². The second-order valence-corrected chi connectivity index (χ2v) is 8.63. The molecule has 0 aliphatic carbocycles. The van der Waals surface area contributed by atoms with Gasteiger partial charge in [0.2, 0.25) is 5.13 Å². The Hall–Kier alpha value is -2.86. The Labute approximate surface area is 187 Å². The zero-order chi connectivity index (χ0) is 20.5. The SMILES string of the molecule is Clc1cccc(Cl)c1Cn1cc(/C=N/Nc2nc3ccccc3s2)c2ccccc21. The molecule has 30 heavy (non-hydrogen) atoms. The van der Waals surface area contributed by atoms with Crippen LogP contribution in [0.5, 0.6) is 0 Å². The lowest BCUT2D eigenvalue weighted by Gasteiger charge is -2.09. The Kier molecular flexibility index (Phi) is 5.17. The first-order valence-electron chi connectivity index (χ1n) is 9.34. The monoisotopic (exact) mass is 450 g/mol. The van der Waals surface area contributed by atoms with Crippen molar-refractivity contribution in [3.8, 4) is 0 Å². The van der Waals surface area contributed by atoms with Crippen LogP contribution in [0.15, 0.2) is 78.0 Å². The second-order valence-electron chi connectivity index (χ2n) is 6.79. The number of fused-ring (bicyclic) bond motifs is 2. The van der Waals surface area contributed by atoms with Gasteiger partial charge in [-0.05, 0) is 30.3 Å². The predicted octanol–water partition coefficient (Wildman–Crippen LogP) is 7.05. The van der Waals surface area contributed by atoms with Crippen molar-refractivity contribution in [1.29, 1.82) is 0 Å².